The van der Waals surface area contributed by atoms with Crippen molar-refractivity contribution in [2.24, 2.45) is 0 Å². The highest BCUT2D eigenvalue weighted by Gasteiger charge is 2.41. The molecule has 0 unspecified atom stereocenters. The van der Waals surface area contributed by atoms with Gasteiger partial charge >= 0.3 is 0 Å². The van der Waals surface area contributed by atoms with Gasteiger partial charge in [-0.3, -0.25) is 9.69 Å². The average molecular weight is 380 g/mol. The summed E-state index contributed by atoms with van der Waals surface area (Å²) in [7, 11) is -3.46. The second-order valence-corrected chi connectivity index (χ2v) is 9.55. The maximum absolute atomic E-state index is 12.8. The van der Waals surface area contributed by atoms with Gasteiger partial charge in [0.15, 0.2) is 6.54 Å². The number of fused-ring (bicyclic) bond motifs is 3. The van der Waals surface area contributed by atoms with Crippen LogP contribution in [-0.4, -0.2) is 105 Å². The minimum Gasteiger partial charge on any atom is -0.335 e. The molecule has 142 valence electrons. The number of amides is 1. The molecule has 26 heavy (non-hydrogen) atoms. The SMILES string of the molecule is O=C(C[N+]12CCN(CC1)CC2)N1CCN(S(=O)(=O)c2ccccc2)CC1. The van der Waals surface area contributed by atoms with Gasteiger partial charge in [0.1, 0.15) is 0 Å². The van der Waals surface area contributed by atoms with Crippen molar-refractivity contribution in [3.05, 3.63) is 30.3 Å². The predicted octanol–water partition coefficient (Wildman–Crippen LogP) is -0.334. The molecule has 5 rings (SSSR count). The second-order valence-electron chi connectivity index (χ2n) is 7.61. The molecule has 0 atom stereocenters. The average Bonchev–Trinajstić information content (AvgIpc) is 2.70. The molecule has 4 fully saturated rings. The molecular formula is C18H27N4O3S+. The van der Waals surface area contributed by atoms with Crippen molar-refractivity contribution in [2.75, 3.05) is 72.0 Å². The number of carbonyl (C=O) groups is 1. The Morgan fingerprint density at radius 1 is 0.885 bits per heavy atom. The number of nitrogens with zero attached hydrogens (tertiary/aromatic N) is 4. The summed E-state index contributed by atoms with van der Waals surface area (Å²) in [5.74, 6) is 0.178. The van der Waals surface area contributed by atoms with Crippen LogP contribution < -0.4 is 0 Å². The molecule has 0 radical (unpaired) electrons. The minimum absolute atomic E-state index is 0.178. The molecule has 0 N–H and O–H groups in total. The Labute approximate surface area is 155 Å². The van der Waals surface area contributed by atoms with Gasteiger partial charge in [-0.15, -0.1) is 0 Å². The summed E-state index contributed by atoms with van der Waals surface area (Å²) in [5.41, 5.74) is 0. The molecule has 4 aliphatic heterocycles. The van der Waals surface area contributed by atoms with E-state index in [2.05, 4.69) is 4.90 Å². The van der Waals surface area contributed by atoms with Crippen LogP contribution in [0.15, 0.2) is 35.2 Å². The van der Waals surface area contributed by atoms with Gasteiger partial charge in [-0.25, -0.2) is 8.42 Å². The van der Waals surface area contributed by atoms with E-state index in [-0.39, 0.29) is 5.91 Å². The van der Waals surface area contributed by atoms with Gasteiger partial charge in [-0.1, -0.05) is 18.2 Å². The summed E-state index contributed by atoms with van der Waals surface area (Å²) >= 11 is 0. The molecule has 4 aliphatic rings. The van der Waals surface area contributed by atoms with Gasteiger partial charge < -0.3 is 9.38 Å². The Morgan fingerprint density at radius 2 is 1.46 bits per heavy atom. The quantitative estimate of drug-likeness (QED) is 0.672. The summed E-state index contributed by atoms with van der Waals surface area (Å²) in [6.07, 6.45) is 0. The van der Waals surface area contributed by atoms with Crippen LogP contribution in [0.4, 0.5) is 0 Å². The molecule has 0 spiro atoms. The number of rotatable bonds is 4. The molecular weight excluding hydrogens is 352 g/mol. The number of quaternary nitrogens is 1. The lowest BCUT2D eigenvalue weighted by Gasteiger charge is -2.50. The lowest BCUT2D eigenvalue weighted by Crippen LogP contribution is -2.69. The monoisotopic (exact) mass is 379 g/mol. The molecule has 1 aromatic rings. The van der Waals surface area contributed by atoms with E-state index in [0.717, 1.165) is 43.8 Å². The van der Waals surface area contributed by atoms with Crippen molar-refractivity contribution < 1.29 is 17.7 Å². The molecule has 7 nitrogen and oxygen atoms in total. The highest BCUT2D eigenvalue weighted by Crippen LogP contribution is 2.21. The van der Waals surface area contributed by atoms with Gasteiger partial charge in [-0.2, -0.15) is 4.31 Å². The fourth-order valence-electron chi connectivity index (χ4n) is 4.27. The zero-order chi connectivity index (χ0) is 18.2. The standard InChI is InChI=1S/C18H27N4O3S/c23-18(16-22-13-10-19(11-14-22)12-15-22)20-6-8-21(9-7-20)26(24,25)17-4-2-1-3-5-17/h1-5H,6-16H2/q+1. The first-order valence-electron chi connectivity index (χ1n) is 9.39. The Morgan fingerprint density at radius 3 is 2.04 bits per heavy atom. The number of benzene rings is 1. The summed E-state index contributed by atoms with van der Waals surface area (Å²) in [5, 5.41) is 0. The van der Waals surface area contributed by atoms with E-state index in [1.165, 1.54) is 4.31 Å². The summed E-state index contributed by atoms with van der Waals surface area (Å²) in [6.45, 7) is 8.75. The highest BCUT2D eigenvalue weighted by atomic mass is 32.2. The molecule has 0 aliphatic carbocycles. The highest BCUT2D eigenvalue weighted by molar-refractivity contribution is 7.89. The first-order chi connectivity index (χ1) is 12.5. The van der Waals surface area contributed by atoms with E-state index >= 15 is 0 Å². The van der Waals surface area contributed by atoms with Crippen LogP contribution in [0.25, 0.3) is 0 Å². The van der Waals surface area contributed by atoms with Gasteiger partial charge in [0, 0.05) is 45.8 Å². The first-order valence-corrected chi connectivity index (χ1v) is 10.8. The predicted molar refractivity (Wildman–Crippen MR) is 97.9 cm³/mol. The van der Waals surface area contributed by atoms with Gasteiger partial charge in [0.25, 0.3) is 5.91 Å². The molecule has 4 saturated heterocycles. The molecule has 8 heteroatoms. The van der Waals surface area contributed by atoms with Crippen molar-refractivity contribution in [3.8, 4) is 0 Å². The van der Waals surface area contributed by atoms with Crippen LogP contribution >= 0.6 is 0 Å². The number of hydrogen-bond donors (Lipinski definition) is 0. The van der Waals surface area contributed by atoms with E-state index in [9.17, 15) is 13.2 Å². The molecule has 0 saturated carbocycles. The normalized spacial score (nSPS) is 29.7. The molecule has 4 heterocycles. The number of carbonyl (C=O) groups excluding carboxylic acids is 1. The van der Waals surface area contributed by atoms with Crippen molar-refractivity contribution in [1.29, 1.82) is 0 Å². The number of hydrogen-bond acceptors (Lipinski definition) is 4. The minimum atomic E-state index is -3.46. The third kappa shape index (κ3) is 3.38. The van der Waals surface area contributed by atoms with Crippen LogP contribution in [0.5, 0.6) is 0 Å². The summed E-state index contributed by atoms with van der Waals surface area (Å²) < 4.78 is 27.8. The fourth-order valence-corrected chi connectivity index (χ4v) is 5.72. The van der Waals surface area contributed by atoms with Gasteiger partial charge in [-0.05, 0) is 12.1 Å². The molecule has 2 bridgehead atoms. The van der Waals surface area contributed by atoms with Crippen LogP contribution in [0.3, 0.4) is 0 Å². The third-order valence-electron chi connectivity index (χ3n) is 6.11. The van der Waals surface area contributed by atoms with E-state index in [1.54, 1.807) is 24.3 Å². The topological polar surface area (TPSA) is 60.9 Å². The Hall–Kier alpha value is -1.48. The van der Waals surface area contributed by atoms with E-state index in [0.29, 0.717) is 37.6 Å². The number of piperazine rings is 4. The summed E-state index contributed by atoms with van der Waals surface area (Å²) in [6, 6.07) is 8.53. The molecule has 1 aromatic carbocycles. The van der Waals surface area contributed by atoms with Crippen molar-refractivity contribution in [3.63, 3.8) is 0 Å². The molecule has 0 aromatic heterocycles. The van der Waals surface area contributed by atoms with Crippen LogP contribution in [0.1, 0.15) is 0 Å². The fraction of sp³-hybridized carbons (Fsp3) is 0.611. The van der Waals surface area contributed by atoms with E-state index < -0.39 is 10.0 Å². The summed E-state index contributed by atoms with van der Waals surface area (Å²) in [4.78, 5) is 17.4. The molecule has 1 amide bonds. The zero-order valence-electron chi connectivity index (χ0n) is 15.1. The Balaban J connectivity index is 1.35. The van der Waals surface area contributed by atoms with Crippen molar-refractivity contribution >= 4 is 15.9 Å². The van der Waals surface area contributed by atoms with Crippen LogP contribution in [0.2, 0.25) is 0 Å². The Bertz CT molecular complexity index is 738. The first kappa shape index (κ1) is 17.9. The maximum atomic E-state index is 12.8. The largest absolute Gasteiger partial charge is 0.335 e. The smallest absolute Gasteiger partial charge is 0.277 e. The van der Waals surface area contributed by atoms with Crippen LogP contribution in [-0.2, 0) is 14.8 Å². The zero-order valence-corrected chi connectivity index (χ0v) is 15.9. The van der Waals surface area contributed by atoms with Gasteiger partial charge in [0.2, 0.25) is 10.0 Å². The van der Waals surface area contributed by atoms with E-state index in [4.69, 9.17) is 0 Å². The lowest BCUT2D eigenvalue weighted by molar-refractivity contribution is -0.934. The maximum Gasteiger partial charge on any atom is 0.277 e. The van der Waals surface area contributed by atoms with Crippen molar-refractivity contribution in [2.45, 2.75) is 4.90 Å². The van der Waals surface area contributed by atoms with Crippen molar-refractivity contribution in [1.82, 2.24) is 14.1 Å². The van der Waals surface area contributed by atoms with Gasteiger partial charge in [0.05, 0.1) is 24.5 Å². The number of sulfonamides is 1. The lowest BCUT2D eigenvalue weighted by atomic mass is 10.1. The second kappa shape index (κ2) is 6.92. The third-order valence-corrected chi connectivity index (χ3v) is 8.03. The Kier molecular flexibility index (Phi) is 4.77. The van der Waals surface area contributed by atoms with Crippen LogP contribution in [0, 0.1) is 0 Å². The van der Waals surface area contributed by atoms with E-state index in [1.807, 2.05) is 11.0 Å².